The highest BCUT2D eigenvalue weighted by atomic mass is 16.5. The minimum Gasteiger partial charge on any atom is -0.494 e. The van der Waals surface area contributed by atoms with Crippen LogP contribution in [0.4, 0.5) is 0 Å². The Hall–Kier alpha value is -1.06. The summed E-state index contributed by atoms with van der Waals surface area (Å²) in [6.45, 7) is 8.89. The minimum absolute atomic E-state index is 0.142. The van der Waals surface area contributed by atoms with Crippen LogP contribution >= 0.6 is 0 Å². The molecule has 1 atom stereocenters. The molecule has 0 saturated carbocycles. The van der Waals surface area contributed by atoms with Crippen molar-refractivity contribution in [3.63, 3.8) is 0 Å². The molecule has 0 bridgehead atoms. The third-order valence-corrected chi connectivity index (χ3v) is 4.14. The van der Waals surface area contributed by atoms with E-state index in [0.29, 0.717) is 6.61 Å². The number of piperidine rings is 1. The van der Waals surface area contributed by atoms with Crippen LogP contribution in [0.15, 0.2) is 24.3 Å². The van der Waals surface area contributed by atoms with Crippen LogP contribution in [0.2, 0.25) is 0 Å². The summed E-state index contributed by atoms with van der Waals surface area (Å²) in [7, 11) is 0. The van der Waals surface area contributed by atoms with Crippen LogP contribution < -0.4 is 4.74 Å². The first kappa shape index (κ1) is 14.4. The molecule has 1 N–H and O–H groups in total. The van der Waals surface area contributed by atoms with Crippen LogP contribution in [-0.4, -0.2) is 34.8 Å². The van der Waals surface area contributed by atoms with Crippen LogP contribution in [0, 0.1) is 0 Å². The van der Waals surface area contributed by atoms with Gasteiger partial charge in [0.25, 0.3) is 0 Å². The Labute approximate surface area is 116 Å². The van der Waals surface area contributed by atoms with Crippen molar-refractivity contribution in [2.75, 3.05) is 13.2 Å². The van der Waals surface area contributed by atoms with E-state index in [9.17, 15) is 5.11 Å². The maximum atomic E-state index is 10.1. The van der Waals surface area contributed by atoms with E-state index in [2.05, 4.69) is 30.9 Å². The Morgan fingerprint density at radius 3 is 2.63 bits per heavy atom. The number of benzene rings is 1. The summed E-state index contributed by atoms with van der Waals surface area (Å²) in [5.41, 5.74) is 1.13. The molecule has 1 fully saturated rings. The molecule has 106 valence electrons. The lowest BCUT2D eigenvalue weighted by Crippen LogP contribution is -2.55. The zero-order chi connectivity index (χ0) is 13.9. The molecule has 1 heterocycles. The number of aliphatic hydroxyl groups is 1. The van der Waals surface area contributed by atoms with Gasteiger partial charge in [0.05, 0.1) is 12.7 Å². The van der Waals surface area contributed by atoms with Gasteiger partial charge >= 0.3 is 0 Å². The summed E-state index contributed by atoms with van der Waals surface area (Å²) in [5, 5.41) is 10.1. The van der Waals surface area contributed by atoms with Gasteiger partial charge in [0.15, 0.2) is 0 Å². The van der Waals surface area contributed by atoms with Crippen LogP contribution in [-0.2, 0) is 6.54 Å². The molecule has 3 nitrogen and oxygen atoms in total. The molecule has 0 amide bonds. The molecule has 0 aliphatic carbocycles. The van der Waals surface area contributed by atoms with Gasteiger partial charge in [0, 0.05) is 12.1 Å². The average molecular weight is 263 g/mol. The van der Waals surface area contributed by atoms with Gasteiger partial charge in [-0.3, -0.25) is 4.90 Å². The van der Waals surface area contributed by atoms with E-state index in [4.69, 9.17) is 4.74 Å². The summed E-state index contributed by atoms with van der Waals surface area (Å²) < 4.78 is 5.46. The Kier molecular flexibility index (Phi) is 4.48. The first-order chi connectivity index (χ1) is 9.04. The molecule has 1 unspecified atom stereocenters. The van der Waals surface area contributed by atoms with Gasteiger partial charge in [-0.05, 0) is 57.9 Å². The number of ether oxygens (including phenoxy) is 1. The quantitative estimate of drug-likeness (QED) is 0.906. The summed E-state index contributed by atoms with van der Waals surface area (Å²) in [6, 6.07) is 8.27. The topological polar surface area (TPSA) is 32.7 Å². The van der Waals surface area contributed by atoms with E-state index in [1.807, 2.05) is 19.1 Å². The first-order valence-electron chi connectivity index (χ1n) is 7.19. The number of likely N-dealkylation sites (tertiary alicyclic amines) is 1. The Balaban J connectivity index is 2.03. The fourth-order valence-electron chi connectivity index (χ4n) is 2.69. The smallest absolute Gasteiger partial charge is 0.119 e. The van der Waals surface area contributed by atoms with E-state index >= 15 is 0 Å². The zero-order valence-corrected chi connectivity index (χ0v) is 12.2. The third kappa shape index (κ3) is 3.28. The largest absolute Gasteiger partial charge is 0.494 e. The van der Waals surface area contributed by atoms with Crippen molar-refractivity contribution in [2.24, 2.45) is 0 Å². The van der Waals surface area contributed by atoms with Crippen molar-refractivity contribution in [3.8, 4) is 5.75 Å². The van der Waals surface area contributed by atoms with Crippen molar-refractivity contribution in [2.45, 2.75) is 51.8 Å². The number of aliphatic hydroxyl groups excluding tert-OH is 1. The standard InChI is InChI=1S/C16H25NO2/c1-4-19-14-9-7-13(8-10-14)12-17-11-5-6-15(18)16(17,2)3/h7-10,15,18H,4-6,11-12H2,1-3H3. The number of nitrogens with zero attached hydrogens (tertiary/aromatic N) is 1. The maximum absolute atomic E-state index is 10.1. The molecule has 0 radical (unpaired) electrons. The first-order valence-corrected chi connectivity index (χ1v) is 7.19. The van der Waals surface area contributed by atoms with Crippen molar-refractivity contribution in [1.29, 1.82) is 0 Å². The summed E-state index contributed by atoms with van der Waals surface area (Å²) in [5.74, 6) is 0.921. The highest BCUT2D eigenvalue weighted by Gasteiger charge is 2.37. The normalized spacial score (nSPS) is 23.3. The van der Waals surface area contributed by atoms with E-state index < -0.39 is 0 Å². The lowest BCUT2D eigenvalue weighted by Gasteiger charge is -2.46. The second-order valence-electron chi connectivity index (χ2n) is 5.81. The van der Waals surface area contributed by atoms with Gasteiger partial charge < -0.3 is 9.84 Å². The molecule has 0 spiro atoms. The Morgan fingerprint density at radius 1 is 1.32 bits per heavy atom. The van der Waals surface area contributed by atoms with Crippen molar-refractivity contribution < 1.29 is 9.84 Å². The number of rotatable bonds is 4. The predicted molar refractivity (Wildman–Crippen MR) is 77.3 cm³/mol. The fraction of sp³-hybridized carbons (Fsp3) is 0.625. The van der Waals surface area contributed by atoms with Crippen molar-refractivity contribution >= 4 is 0 Å². The summed E-state index contributed by atoms with van der Waals surface area (Å²) >= 11 is 0. The van der Waals surface area contributed by atoms with E-state index in [1.54, 1.807) is 0 Å². The van der Waals surface area contributed by atoms with E-state index in [-0.39, 0.29) is 11.6 Å². The molecule has 19 heavy (non-hydrogen) atoms. The molecule has 1 aromatic carbocycles. The SMILES string of the molecule is CCOc1ccc(CN2CCCC(O)C2(C)C)cc1. The summed E-state index contributed by atoms with van der Waals surface area (Å²) in [4.78, 5) is 2.37. The molecule has 2 rings (SSSR count). The zero-order valence-electron chi connectivity index (χ0n) is 12.2. The highest BCUT2D eigenvalue weighted by Crippen LogP contribution is 2.29. The van der Waals surface area contributed by atoms with Gasteiger partial charge in [-0.25, -0.2) is 0 Å². The molecule has 1 aromatic rings. The van der Waals surface area contributed by atoms with Crippen LogP contribution in [0.3, 0.4) is 0 Å². The van der Waals surface area contributed by atoms with Gasteiger partial charge in [-0.1, -0.05) is 12.1 Å². The third-order valence-electron chi connectivity index (χ3n) is 4.14. The molecule has 1 saturated heterocycles. The number of hydrogen-bond acceptors (Lipinski definition) is 3. The minimum atomic E-state index is -0.232. The lowest BCUT2D eigenvalue weighted by molar-refractivity contribution is -0.0481. The molecule has 3 heteroatoms. The fourth-order valence-corrected chi connectivity index (χ4v) is 2.69. The van der Waals surface area contributed by atoms with E-state index in [0.717, 1.165) is 31.7 Å². The second-order valence-corrected chi connectivity index (χ2v) is 5.81. The number of hydrogen-bond donors (Lipinski definition) is 1. The lowest BCUT2D eigenvalue weighted by atomic mass is 9.87. The molecule has 0 aromatic heterocycles. The molecular formula is C16H25NO2. The van der Waals surface area contributed by atoms with Crippen LogP contribution in [0.25, 0.3) is 0 Å². The van der Waals surface area contributed by atoms with Gasteiger partial charge in [0.1, 0.15) is 5.75 Å². The molecule has 1 aliphatic heterocycles. The molecular weight excluding hydrogens is 238 g/mol. The van der Waals surface area contributed by atoms with Gasteiger partial charge in [-0.2, -0.15) is 0 Å². The Bertz CT molecular complexity index is 400. The summed E-state index contributed by atoms with van der Waals surface area (Å²) in [6.07, 6.45) is 1.75. The van der Waals surface area contributed by atoms with Crippen LogP contribution in [0.1, 0.15) is 39.2 Å². The van der Waals surface area contributed by atoms with Gasteiger partial charge in [-0.15, -0.1) is 0 Å². The van der Waals surface area contributed by atoms with Gasteiger partial charge in [0.2, 0.25) is 0 Å². The highest BCUT2D eigenvalue weighted by molar-refractivity contribution is 5.27. The van der Waals surface area contributed by atoms with E-state index in [1.165, 1.54) is 5.56 Å². The molecule has 1 aliphatic rings. The van der Waals surface area contributed by atoms with Crippen molar-refractivity contribution in [1.82, 2.24) is 4.90 Å². The van der Waals surface area contributed by atoms with Crippen LogP contribution in [0.5, 0.6) is 5.75 Å². The monoisotopic (exact) mass is 263 g/mol. The Morgan fingerprint density at radius 2 is 2.00 bits per heavy atom. The maximum Gasteiger partial charge on any atom is 0.119 e. The predicted octanol–water partition coefficient (Wildman–Crippen LogP) is 2.82. The second kappa shape index (κ2) is 5.93. The van der Waals surface area contributed by atoms with Crippen molar-refractivity contribution in [3.05, 3.63) is 29.8 Å². The average Bonchev–Trinajstić information content (AvgIpc) is 2.38.